The lowest BCUT2D eigenvalue weighted by Crippen LogP contribution is -2.04. The van der Waals surface area contributed by atoms with E-state index in [-0.39, 0.29) is 22.9 Å². The standard InChI is InChI=1S/C14H13FN2O3/c1-3-10-12(15)13(17-7-16-10)20-11-6-8(2)4-5-9(11)14(18)19/h4-7H,3H2,1-2H3,(H,18,19). The Morgan fingerprint density at radius 3 is 2.80 bits per heavy atom. The van der Waals surface area contributed by atoms with Crippen LogP contribution >= 0.6 is 0 Å². The highest BCUT2D eigenvalue weighted by atomic mass is 19.1. The van der Waals surface area contributed by atoms with Crippen molar-refractivity contribution in [3.8, 4) is 11.6 Å². The Bertz CT molecular complexity index is 659. The molecule has 0 amide bonds. The van der Waals surface area contributed by atoms with Crippen molar-refractivity contribution in [3.05, 3.63) is 47.2 Å². The van der Waals surface area contributed by atoms with Crippen LogP contribution in [0.3, 0.4) is 0 Å². The molecule has 0 bridgehead atoms. The lowest BCUT2D eigenvalue weighted by molar-refractivity contribution is 0.0694. The van der Waals surface area contributed by atoms with Gasteiger partial charge in [0.2, 0.25) is 5.82 Å². The van der Waals surface area contributed by atoms with Crippen LogP contribution in [0.25, 0.3) is 0 Å². The predicted molar refractivity (Wildman–Crippen MR) is 69.6 cm³/mol. The molecular formula is C14H13FN2O3. The molecule has 1 N–H and O–H groups in total. The van der Waals surface area contributed by atoms with Crippen LogP contribution < -0.4 is 4.74 Å². The third-order valence-corrected chi connectivity index (χ3v) is 2.74. The molecular weight excluding hydrogens is 263 g/mol. The fraction of sp³-hybridized carbons (Fsp3) is 0.214. The van der Waals surface area contributed by atoms with Gasteiger partial charge in [-0.1, -0.05) is 13.0 Å². The van der Waals surface area contributed by atoms with E-state index in [1.165, 1.54) is 18.5 Å². The van der Waals surface area contributed by atoms with Gasteiger partial charge in [-0.2, -0.15) is 9.37 Å². The van der Waals surface area contributed by atoms with E-state index in [0.29, 0.717) is 6.42 Å². The van der Waals surface area contributed by atoms with Gasteiger partial charge in [0.05, 0.1) is 5.69 Å². The fourth-order valence-corrected chi connectivity index (χ4v) is 1.70. The Kier molecular flexibility index (Phi) is 3.93. The zero-order valence-corrected chi connectivity index (χ0v) is 11.1. The molecule has 1 aromatic heterocycles. The van der Waals surface area contributed by atoms with E-state index in [1.54, 1.807) is 19.9 Å². The Morgan fingerprint density at radius 2 is 2.15 bits per heavy atom. The van der Waals surface area contributed by atoms with Crippen LogP contribution in [0.15, 0.2) is 24.5 Å². The summed E-state index contributed by atoms with van der Waals surface area (Å²) < 4.78 is 19.3. The molecule has 20 heavy (non-hydrogen) atoms. The molecule has 0 atom stereocenters. The smallest absolute Gasteiger partial charge is 0.339 e. The Labute approximate surface area is 115 Å². The molecule has 0 aliphatic carbocycles. The fourth-order valence-electron chi connectivity index (χ4n) is 1.70. The number of hydrogen-bond acceptors (Lipinski definition) is 4. The molecule has 2 rings (SSSR count). The van der Waals surface area contributed by atoms with Crippen LogP contribution in [0.4, 0.5) is 4.39 Å². The number of ether oxygens (including phenoxy) is 1. The number of aromatic nitrogens is 2. The molecule has 0 aliphatic rings. The lowest BCUT2D eigenvalue weighted by Gasteiger charge is -2.10. The largest absolute Gasteiger partial charge is 0.478 e. The maximum Gasteiger partial charge on any atom is 0.339 e. The van der Waals surface area contributed by atoms with E-state index in [2.05, 4.69) is 9.97 Å². The summed E-state index contributed by atoms with van der Waals surface area (Å²) >= 11 is 0. The second-order valence-electron chi connectivity index (χ2n) is 4.20. The van der Waals surface area contributed by atoms with Crippen molar-refractivity contribution in [1.82, 2.24) is 9.97 Å². The van der Waals surface area contributed by atoms with Gasteiger partial charge < -0.3 is 9.84 Å². The van der Waals surface area contributed by atoms with Crippen molar-refractivity contribution in [2.24, 2.45) is 0 Å². The van der Waals surface area contributed by atoms with Gasteiger partial charge in [0, 0.05) is 0 Å². The quantitative estimate of drug-likeness (QED) is 0.929. The van der Waals surface area contributed by atoms with E-state index in [0.717, 1.165) is 5.56 Å². The number of benzene rings is 1. The van der Waals surface area contributed by atoms with E-state index in [4.69, 9.17) is 9.84 Å². The maximum atomic E-state index is 14.0. The van der Waals surface area contributed by atoms with Crippen molar-refractivity contribution in [2.75, 3.05) is 0 Å². The van der Waals surface area contributed by atoms with E-state index in [1.807, 2.05) is 0 Å². The summed E-state index contributed by atoms with van der Waals surface area (Å²) in [4.78, 5) is 18.6. The highest BCUT2D eigenvalue weighted by Gasteiger charge is 2.16. The normalized spacial score (nSPS) is 10.3. The topological polar surface area (TPSA) is 72.3 Å². The van der Waals surface area contributed by atoms with Gasteiger partial charge >= 0.3 is 5.97 Å². The Hall–Kier alpha value is -2.50. The molecule has 2 aromatic rings. The SMILES string of the molecule is CCc1ncnc(Oc2cc(C)ccc2C(=O)O)c1F. The number of aryl methyl sites for hydroxylation is 2. The third kappa shape index (κ3) is 2.74. The van der Waals surface area contributed by atoms with Crippen LogP contribution in [-0.4, -0.2) is 21.0 Å². The molecule has 1 heterocycles. The zero-order valence-electron chi connectivity index (χ0n) is 11.1. The minimum Gasteiger partial charge on any atom is -0.478 e. The average molecular weight is 276 g/mol. The second kappa shape index (κ2) is 5.64. The van der Waals surface area contributed by atoms with E-state index < -0.39 is 11.8 Å². The zero-order chi connectivity index (χ0) is 14.7. The van der Waals surface area contributed by atoms with Crippen molar-refractivity contribution < 1.29 is 19.0 Å². The minimum absolute atomic E-state index is 0.0494. The summed E-state index contributed by atoms with van der Waals surface area (Å²) in [6, 6.07) is 4.58. The summed E-state index contributed by atoms with van der Waals surface area (Å²) in [6.07, 6.45) is 1.58. The first-order valence-corrected chi connectivity index (χ1v) is 6.04. The lowest BCUT2D eigenvalue weighted by atomic mass is 10.1. The number of halogens is 1. The summed E-state index contributed by atoms with van der Waals surface area (Å²) in [7, 11) is 0. The van der Waals surface area contributed by atoms with Crippen LogP contribution in [0.2, 0.25) is 0 Å². The number of hydrogen-bond donors (Lipinski definition) is 1. The second-order valence-corrected chi connectivity index (χ2v) is 4.20. The predicted octanol–water partition coefficient (Wildman–Crippen LogP) is 2.98. The van der Waals surface area contributed by atoms with Crippen LogP contribution in [0, 0.1) is 12.7 Å². The average Bonchev–Trinajstić information content (AvgIpc) is 2.41. The number of aromatic carboxylic acids is 1. The van der Waals surface area contributed by atoms with Crippen LogP contribution in [-0.2, 0) is 6.42 Å². The third-order valence-electron chi connectivity index (χ3n) is 2.74. The summed E-state index contributed by atoms with van der Waals surface area (Å²) in [5.74, 6) is -2.04. The first kappa shape index (κ1) is 13.9. The van der Waals surface area contributed by atoms with Gasteiger partial charge in [0.15, 0.2) is 0 Å². The monoisotopic (exact) mass is 276 g/mol. The van der Waals surface area contributed by atoms with Gasteiger partial charge in [-0.05, 0) is 31.0 Å². The molecule has 104 valence electrons. The molecule has 0 aliphatic heterocycles. The summed E-state index contributed by atoms with van der Waals surface area (Å²) in [5.41, 5.74) is 0.973. The number of carboxylic acids is 1. The van der Waals surface area contributed by atoms with Gasteiger partial charge in [-0.3, -0.25) is 0 Å². The van der Waals surface area contributed by atoms with Gasteiger partial charge in [0.25, 0.3) is 5.88 Å². The summed E-state index contributed by atoms with van der Waals surface area (Å²) in [5, 5.41) is 9.10. The van der Waals surface area contributed by atoms with Gasteiger partial charge in [0.1, 0.15) is 17.6 Å². The number of carboxylic acid groups (broad SMARTS) is 1. The number of nitrogens with zero attached hydrogens (tertiary/aromatic N) is 2. The van der Waals surface area contributed by atoms with Gasteiger partial charge in [-0.15, -0.1) is 0 Å². The van der Waals surface area contributed by atoms with Crippen molar-refractivity contribution >= 4 is 5.97 Å². The van der Waals surface area contributed by atoms with Crippen LogP contribution in [0.5, 0.6) is 11.6 Å². The molecule has 0 spiro atoms. The number of carbonyl (C=O) groups is 1. The molecule has 6 heteroatoms. The summed E-state index contributed by atoms with van der Waals surface area (Å²) in [6.45, 7) is 3.54. The first-order chi connectivity index (χ1) is 9.52. The Morgan fingerprint density at radius 1 is 1.40 bits per heavy atom. The van der Waals surface area contributed by atoms with E-state index in [9.17, 15) is 9.18 Å². The van der Waals surface area contributed by atoms with Gasteiger partial charge in [-0.25, -0.2) is 9.78 Å². The highest BCUT2D eigenvalue weighted by Crippen LogP contribution is 2.27. The number of rotatable bonds is 4. The van der Waals surface area contributed by atoms with Crippen molar-refractivity contribution in [2.45, 2.75) is 20.3 Å². The van der Waals surface area contributed by atoms with E-state index >= 15 is 0 Å². The molecule has 1 aromatic carbocycles. The molecule has 0 radical (unpaired) electrons. The molecule has 0 saturated carbocycles. The molecule has 0 unspecified atom stereocenters. The molecule has 0 fully saturated rings. The van der Waals surface area contributed by atoms with Crippen LogP contribution in [0.1, 0.15) is 28.5 Å². The van der Waals surface area contributed by atoms with Crippen molar-refractivity contribution in [3.63, 3.8) is 0 Å². The maximum absolute atomic E-state index is 14.0. The Balaban J connectivity index is 2.44. The molecule has 5 nitrogen and oxygen atoms in total. The first-order valence-electron chi connectivity index (χ1n) is 6.04. The minimum atomic E-state index is -1.15. The van der Waals surface area contributed by atoms with Crippen molar-refractivity contribution in [1.29, 1.82) is 0 Å². The highest BCUT2D eigenvalue weighted by molar-refractivity contribution is 5.91. The molecule has 0 saturated heterocycles.